The van der Waals surface area contributed by atoms with Crippen molar-refractivity contribution in [2.75, 3.05) is 0 Å². The van der Waals surface area contributed by atoms with Gasteiger partial charge in [0.05, 0.1) is 0 Å². The molecule has 0 aromatic carbocycles. The van der Waals surface area contributed by atoms with E-state index in [0.717, 1.165) is 0 Å². The molecule has 0 bridgehead atoms. The molecular weight excluding hydrogens is 177 g/mol. The minimum absolute atomic E-state index is 0. The highest BCUT2D eigenvalue weighted by molar-refractivity contribution is 6.29. The van der Waals surface area contributed by atoms with E-state index in [-0.39, 0.29) is 23.9 Å². The molecular formula is C5H9Cl2NO2. The van der Waals surface area contributed by atoms with Crippen LogP contribution in [0.4, 0.5) is 0 Å². The number of halogens is 2. The molecule has 0 radical (unpaired) electrons. The Kier molecular flexibility index (Phi) is 6.87. The lowest BCUT2D eigenvalue weighted by molar-refractivity contribution is -0.138. The van der Waals surface area contributed by atoms with Crippen LogP contribution in [0.25, 0.3) is 0 Å². The largest absolute Gasteiger partial charge is 0.480 e. The Bertz CT molecular complexity index is 138. The number of hydrogen-bond acceptors (Lipinski definition) is 2. The first-order valence-electron chi connectivity index (χ1n) is 2.35. The van der Waals surface area contributed by atoms with Gasteiger partial charge in [-0.1, -0.05) is 18.2 Å². The van der Waals surface area contributed by atoms with Gasteiger partial charge >= 0.3 is 5.97 Å². The van der Waals surface area contributed by atoms with Gasteiger partial charge < -0.3 is 10.8 Å². The summed E-state index contributed by atoms with van der Waals surface area (Å²) in [5.74, 6) is -1.06. The second kappa shape index (κ2) is 5.53. The van der Waals surface area contributed by atoms with E-state index in [2.05, 4.69) is 6.58 Å². The zero-order valence-electron chi connectivity index (χ0n) is 5.21. The fourth-order valence-electron chi connectivity index (χ4n) is 0.326. The lowest BCUT2D eigenvalue weighted by Crippen LogP contribution is -2.29. The van der Waals surface area contributed by atoms with Crippen LogP contribution in [0.5, 0.6) is 0 Å². The van der Waals surface area contributed by atoms with Gasteiger partial charge in [-0.2, -0.15) is 0 Å². The molecule has 3 nitrogen and oxygen atoms in total. The van der Waals surface area contributed by atoms with Crippen LogP contribution < -0.4 is 5.73 Å². The Morgan fingerprint density at radius 2 is 2.20 bits per heavy atom. The monoisotopic (exact) mass is 185 g/mol. The topological polar surface area (TPSA) is 63.3 Å². The number of carboxylic acid groups (broad SMARTS) is 1. The van der Waals surface area contributed by atoms with Crippen LogP contribution in [0, 0.1) is 0 Å². The highest BCUT2D eigenvalue weighted by Gasteiger charge is 2.10. The van der Waals surface area contributed by atoms with E-state index >= 15 is 0 Å². The third-order valence-corrected chi connectivity index (χ3v) is 0.913. The third-order valence-electron chi connectivity index (χ3n) is 0.759. The fourth-order valence-corrected chi connectivity index (χ4v) is 0.492. The zero-order valence-corrected chi connectivity index (χ0v) is 6.78. The van der Waals surface area contributed by atoms with Crippen molar-refractivity contribution in [3.63, 3.8) is 0 Å². The van der Waals surface area contributed by atoms with Crippen molar-refractivity contribution in [2.24, 2.45) is 5.73 Å². The molecule has 0 aromatic rings. The predicted molar refractivity (Wildman–Crippen MR) is 42.5 cm³/mol. The highest BCUT2D eigenvalue weighted by Crippen LogP contribution is 2.04. The molecule has 0 aliphatic carbocycles. The molecule has 0 aliphatic heterocycles. The van der Waals surface area contributed by atoms with Gasteiger partial charge in [-0.05, 0) is 0 Å². The molecule has 0 spiro atoms. The van der Waals surface area contributed by atoms with Crippen LogP contribution in [0.2, 0.25) is 0 Å². The molecule has 10 heavy (non-hydrogen) atoms. The van der Waals surface area contributed by atoms with Gasteiger partial charge in [0, 0.05) is 11.5 Å². The van der Waals surface area contributed by atoms with Crippen LogP contribution >= 0.6 is 24.0 Å². The van der Waals surface area contributed by atoms with E-state index in [0.29, 0.717) is 0 Å². The number of carboxylic acids is 1. The van der Waals surface area contributed by atoms with Crippen LogP contribution in [0.3, 0.4) is 0 Å². The first kappa shape index (κ1) is 12.4. The van der Waals surface area contributed by atoms with E-state index in [1.807, 2.05) is 0 Å². The predicted octanol–water partition coefficient (Wildman–Crippen LogP) is 0.963. The first-order valence-corrected chi connectivity index (χ1v) is 2.73. The van der Waals surface area contributed by atoms with Gasteiger partial charge in [0.15, 0.2) is 0 Å². The van der Waals surface area contributed by atoms with Crippen molar-refractivity contribution in [1.29, 1.82) is 0 Å². The van der Waals surface area contributed by atoms with Crippen molar-refractivity contribution in [3.8, 4) is 0 Å². The van der Waals surface area contributed by atoms with Crippen LogP contribution in [0.1, 0.15) is 6.42 Å². The number of hydrogen-bond donors (Lipinski definition) is 2. The Hall–Kier alpha value is -0.250. The number of rotatable bonds is 3. The van der Waals surface area contributed by atoms with E-state index in [1.54, 1.807) is 0 Å². The number of carbonyl (C=O) groups is 1. The minimum atomic E-state index is -1.06. The summed E-state index contributed by atoms with van der Waals surface area (Å²) >= 11 is 5.28. The molecule has 0 saturated heterocycles. The summed E-state index contributed by atoms with van der Waals surface area (Å²) in [6.45, 7) is 3.30. The maximum Gasteiger partial charge on any atom is 0.320 e. The van der Waals surface area contributed by atoms with Gasteiger partial charge in [-0.25, -0.2) is 0 Å². The smallest absolute Gasteiger partial charge is 0.320 e. The van der Waals surface area contributed by atoms with Crippen LogP contribution in [-0.4, -0.2) is 17.1 Å². The Morgan fingerprint density at radius 1 is 1.80 bits per heavy atom. The number of aliphatic carboxylic acids is 1. The fraction of sp³-hybridized carbons (Fsp3) is 0.400. The molecule has 60 valence electrons. The summed E-state index contributed by atoms with van der Waals surface area (Å²) in [7, 11) is 0. The summed E-state index contributed by atoms with van der Waals surface area (Å²) < 4.78 is 0. The van der Waals surface area contributed by atoms with E-state index in [1.165, 1.54) is 0 Å². The van der Waals surface area contributed by atoms with Crippen molar-refractivity contribution in [1.82, 2.24) is 0 Å². The first-order chi connectivity index (χ1) is 4.04. The standard InChI is InChI=1S/C5H8ClNO2.ClH/c1-3(6)2-4(7)5(8)9;/h4H,1-2,7H2,(H,8,9);1H. The Balaban J connectivity index is 0. The maximum absolute atomic E-state index is 10.0. The maximum atomic E-state index is 10.0. The second-order valence-electron chi connectivity index (χ2n) is 1.67. The molecule has 0 heterocycles. The summed E-state index contributed by atoms with van der Waals surface area (Å²) in [4.78, 5) is 10.0. The molecule has 0 rings (SSSR count). The van der Waals surface area contributed by atoms with Crippen LogP contribution in [-0.2, 0) is 4.79 Å². The second-order valence-corrected chi connectivity index (χ2v) is 2.20. The molecule has 0 aromatic heterocycles. The van der Waals surface area contributed by atoms with Gasteiger partial charge in [-0.3, -0.25) is 4.79 Å². The van der Waals surface area contributed by atoms with Gasteiger partial charge in [-0.15, -0.1) is 12.4 Å². The van der Waals surface area contributed by atoms with Crippen LogP contribution in [0.15, 0.2) is 11.6 Å². The molecule has 0 amide bonds. The molecule has 0 fully saturated rings. The average molecular weight is 186 g/mol. The molecule has 1 unspecified atom stereocenters. The molecule has 3 N–H and O–H groups in total. The molecule has 5 heteroatoms. The van der Waals surface area contributed by atoms with Crippen molar-refractivity contribution < 1.29 is 9.90 Å². The average Bonchev–Trinajstić information content (AvgIpc) is 1.63. The summed E-state index contributed by atoms with van der Waals surface area (Å²) in [6, 6.07) is -0.921. The normalized spacial score (nSPS) is 11.4. The lowest BCUT2D eigenvalue weighted by Gasteiger charge is -2.01. The molecule has 0 saturated carbocycles. The summed E-state index contributed by atoms with van der Waals surface area (Å²) in [5.41, 5.74) is 5.07. The van der Waals surface area contributed by atoms with Crippen molar-refractivity contribution >= 4 is 30.0 Å². The zero-order chi connectivity index (χ0) is 7.44. The van der Waals surface area contributed by atoms with E-state index < -0.39 is 12.0 Å². The van der Waals surface area contributed by atoms with Crippen molar-refractivity contribution in [2.45, 2.75) is 12.5 Å². The molecule has 1 atom stereocenters. The Labute approximate surface area is 70.3 Å². The summed E-state index contributed by atoms with van der Waals surface area (Å²) in [5, 5.41) is 8.47. The quantitative estimate of drug-likeness (QED) is 0.689. The van der Waals surface area contributed by atoms with E-state index in [4.69, 9.17) is 22.4 Å². The number of nitrogens with two attached hydrogens (primary N) is 1. The third kappa shape index (κ3) is 5.88. The molecule has 0 aliphatic rings. The minimum Gasteiger partial charge on any atom is -0.480 e. The van der Waals surface area contributed by atoms with Gasteiger partial charge in [0.25, 0.3) is 0 Å². The SMILES string of the molecule is C=C(Cl)CC(N)C(=O)O.Cl. The van der Waals surface area contributed by atoms with Crippen molar-refractivity contribution in [3.05, 3.63) is 11.6 Å². The lowest BCUT2D eigenvalue weighted by atomic mass is 10.2. The van der Waals surface area contributed by atoms with Gasteiger partial charge in [0.2, 0.25) is 0 Å². The Morgan fingerprint density at radius 3 is 2.30 bits per heavy atom. The van der Waals surface area contributed by atoms with Gasteiger partial charge in [0.1, 0.15) is 6.04 Å². The summed E-state index contributed by atoms with van der Waals surface area (Å²) in [6.07, 6.45) is 0.122. The van der Waals surface area contributed by atoms with E-state index in [9.17, 15) is 4.79 Å². The highest BCUT2D eigenvalue weighted by atomic mass is 35.5.